The van der Waals surface area contributed by atoms with Crippen LogP contribution < -0.4 is 0 Å². The van der Waals surface area contributed by atoms with Crippen LogP contribution in [-0.2, 0) is 22.6 Å². The lowest BCUT2D eigenvalue weighted by atomic mass is 9.92. The molecule has 3 atom stereocenters. The molecule has 2 aromatic carbocycles. The molecule has 0 spiro atoms. The fraction of sp³-hybridized carbons (Fsp3) is 0.435. The summed E-state index contributed by atoms with van der Waals surface area (Å²) in [6.45, 7) is 6.97. The number of aliphatic hydroxyl groups excluding tert-OH is 2. The van der Waals surface area contributed by atoms with Gasteiger partial charge in [0.05, 0.1) is 6.61 Å². The fourth-order valence-corrected chi connectivity index (χ4v) is 3.49. The number of nitrogens with zero attached hydrogens (tertiary/aromatic N) is 1. The van der Waals surface area contributed by atoms with Gasteiger partial charge >= 0.3 is 5.97 Å². The number of aliphatic hydroxyl groups is 2. The number of carbonyl (C=O) groups excluding carboxylic acids is 1. The van der Waals surface area contributed by atoms with E-state index in [1.54, 1.807) is 6.92 Å². The molecule has 0 heterocycles. The first-order chi connectivity index (χ1) is 13.4. The summed E-state index contributed by atoms with van der Waals surface area (Å²) in [4.78, 5) is 14.1. The molecule has 152 valence electrons. The minimum absolute atomic E-state index is 0.00602. The first-order valence-electron chi connectivity index (χ1n) is 9.78. The van der Waals surface area contributed by atoms with Crippen molar-refractivity contribution in [3.8, 4) is 0 Å². The second kappa shape index (κ2) is 11.0. The van der Waals surface area contributed by atoms with Gasteiger partial charge in [-0.1, -0.05) is 74.5 Å². The van der Waals surface area contributed by atoms with Crippen LogP contribution in [0.5, 0.6) is 0 Å². The van der Waals surface area contributed by atoms with Gasteiger partial charge in [-0.15, -0.1) is 0 Å². The normalized spacial score (nSPS) is 14.7. The lowest BCUT2D eigenvalue weighted by Crippen LogP contribution is -2.53. The molecule has 0 aliphatic heterocycles. The van der Waals surface area contributed by atoms with E-state index in [0.29, 0.717) is 13.1 Å². The number of benzene rings is 2. The second-order valence-corrected chi connectivity index (χ2v) is 7.30. The van der Waals surface area contributed by atoms with Crippen LogP contribution in [0.2, 0.25) is 0 Å². The SMILES string of the molecule is CCOC(=O)[C@@H](O)[C@H](O)[C@H](C(C)C)N(Cc1ccccc1)Cc1ccccc1. The van der Waals surface area contributed by atoms with E-state index in [1.807, 2.05) is 74.5 Å². The number of esters is 1. The third kappa shape index (κ3) is 6.16. The molecule has 5 nitrogen and oxygen atoms in total. The van der Waals surface area contributed by atoms with Crippen LogP contribution in [0, 0.1) is 5.92 Å². The molecule has 0 aliphatic rings. The van der Waals surface area contributed by atoms with Crippen LogP contribution in [-0.4, -0.2) is 45.9 Å². The number of hydrogen-bond acceptors (Lipinski definition) is 5. The maximum absolute atomic E-state index is 12.0. The Morgan fingerprint density at radius 3 is 1.79 bits per heavy atom. The van der Waals surface area contributed by atoms with Crippen LogP contribution in [0.4, 0.5) is 0 Å². The Morgan fingerprint density at radius 2 is 1.39 bits per heavy atom. The van der Waals surface area contributed by atoms with Gasteiger partial charge in [-0.05, 0) is 24.0 Å². The number of ether oxygens (including phenoxy) is 1. The third-order valence-corrected chi connectivity index (χ3v) is 4.76. The molecule has 0 amide bonds. The van der Waals surface area contributed by atoms with E-state index in [2.05, 4.69) is 4.90 Å². The molecule has 0 saturated heterocycles. The van der Waals surface area contributed by atoms with Crippen molar-refractivity contribution in [1.29, 1.82) is 0 Å². The lowest BCUT2D eigenvalue weighted by molar-refractivity contribution is -0.163. The van der Waals surface area contributed by atoms with Gasteiger partial charge < -0.3 is 14.9 Å². The summed E-state index contributed by atoms with van der Waals surface area (Å²) in [7, 11) is 0. The minimum Gasteiger partial charge on any atom is -0.464 e. The van der Waals surface area contributed by atoms with Gasteiger partial charge in [-0.3, -0.25) is 4.90 Å². The van der Waals surface area contributed by atoms with E-state index >= 15 is 0 Å². The summed E-state index contributed by atoms with van der Waals surface area (Å²) >= 11 is 0. The molecule has 5 heteroatoms. The highest BCUT2D eigenvalue weighted by Gasteiger charge is 2.37. The van der Waals surface area contributed by atoms with Crippen LogP contribution in [0.3, 0.4) is 0 Å². The molecule has 0 radical (unpaired) electrons. The van der Waals surface area contributed by atoms with E-state index in [0.717, 1.165) is 11.1 Å². The molecule has 28 heavy (non-hydrogen) atoms. The quantitative estimate of drug-likeness (QED) is 0.615. The summed E-state index contributed by atoms with van der Waals surface area (Å²) in [5.74, 6) is -0.786. The molecule has 0 aromatic heterocycles. The van der Waals surface area contributed by atoms with Crippen molar-refractivity contribution in [3.63, 3.8) is 0 Å². The number of hydrogen-bond donors (Lipinski definition) is 2. The first-order valence-corrected chi connectivity index (χ1v) is 9.78. The average molecular weight is 386 g/mol. The highest BCUT2D eigenvalue weighted by atomic mass is 16.5. The molecular weight excluding hydrogens is 354 g/mol. The maximum Gasteiger partial charge on any atom is 0.337 e. The molecular formula is C23H31NO4. The van der Waals surface area contributed by atoms with E-state index in [4.69, 9.17) is 4.74 Å². The molecule has 0 bridgehead atoms. The van der Waals surface area contributed by atoms with Gasteiger partial charge in [0, 0.05) is 19.1 Å². The van der Waals surface area contributed by atoms with E-state index in [1.165, 1.54) is 0 Å². The zero-order valence-electron chi connectivity index (χ0n) is 16.9. The van der Waals surface area contributed by atoms with E-state index in [-0.39, 0.29) is 12.5 Å². The molecule has 0 fully saturated rings. The lowest BCUT2D eigenvalue weighted by Gasteiger charge is -2.38. The first kappa shape index (κ1) is 22.1. The van der Waals surface area contributed by atoms with Gasteiger partial charge in [-0.2, -0.15) is 0 Å². The van der Waals surface area contributed by atoms with Crippen molar-refractivity contribution in [2.45, 2.75) is 52.1 Å². The molecule has 0 saturated carbocycles. The predicted molar refractivity (Wildman–Crippen MR) is 109 cm³/mol. The van der Waals surface area contributed by atoms with Crippen molar-refractivity contribution < 1.29 is 19.7 Å². The summed E-state index contributed by atoms with van der Waals surface area (Å²) in [5.41, 5.74) is 2.20. The third-order valence-electron chi connectivity index (χ3n) is 4.76. The van der Waals surface area contributed by atoms with Gasteiger partial charge in [0.2, 0.25) is 0 Å². The topological polar surface area (TPSA) is 70.0 Å². The smallest absolute Gasteiger partial charge is 0.337 e. The summed E-state index contributed by atoms with van der Waals surface area (Å²) in [6, 6.07) is 19.5. The van der Waals surface area contributed by atoms with Crippen molar-refractivity contribution in [2.24, 2.45) is 5.92 Å². The zero-order valence-corrected chi connectivity index (χ0v) is 16.9. The molecule has 2 aromatic rings. The standard InChI is InChI=1S/C23H31NO4/c1-4-28-23(27)22(26)21(25)20(17(2)3)24(15-18-11-7-5-8-12-18)16-19-13-9-6-10-14-19/h5-14,17,20-22,25-26H,4,15-16H2,1-3H3/t20-,21+,22-/m0/s1. The Labute approximate surface area is 167 Å². The average Bonchev–Trinajstić information content (AvgIpc) is 2.69. The van der Waals surface area contributed by atoms with Crippen LogP contribution in [0.15, 0.2) is 60.7 Å². The molecule has 0 unspecified atom stereocenters. The summed E-state index contributed by atoms with van der Waals surface area (Å²) in [6.07, 6.45) is -2.84. The van der Waals surface area contributed by atoms with Crippen molar-refractivity contribution in [3.05, 3.63) is 71.8 Å². The second-order valence-electron chi connectivity index (χ2n) is 7.30. The Kier molecular flexibility index (Phi) is 8.64. The Bertz CT molecular complexity index is 664. The summed E-state index contributed by atoms with van der Waals surface area (Å²) in [5, 5.41) is 21.2. The highest BCUT2D eigenvalue weighted by molar-refractivity contribution is 5.75. The zero-order chi connectivity index (χ0) is 20.5. The number of rotatable bonds is 10. The molecule has 2 rings (SSSR count). The van der Waals surface area contributed by atoms with Crippen LogP contribution >= 0.6 is 0 Å². The van der Waals surface area contributed by atoms with Crippen molar-refractivity contribution in [1.82, 2.24) is 4.90 Å². The fourth-order valence-electron chi connectivity index (χ4n) is 3.49. The highest BCUT2D eigenvalue weighted by Crippen LogP contribution is 2.23. The summed E-state index contributed by atoms with van der Waals surface area (Å²) < 4.78 is 4.90. The largest absolute Gasteiger partial charge is 0.464 e. The monoisotopic (exact) mass is 385 g/mol. The van der Waals surface area contributed by atoms with Gasteiger partial charge in [0.25, 0.3) is 0 Å². The number of carbonyl (C=O) groups is 1. The van der Waals surface area contributed by atoms with E-state index in [9.17, 15) is 15.0 Å². The maximum atomic E-state index is 12.0. The van der Waals surface area contributed by atoms with Crippen molar-refractivity contribution >= 4 is 5.97 Å². The Morgan fingerprint density at radius 1 is 0.929 bits per heavy atom. The van der Waals surface area contributed by atoms with Gasteiger partial charge in [-0.25, -0.2) is 4.79 Å². The van der Waals surface area contributed by atoms with Crippen molar-refractivity contribution in [2.75, 3.05) is 6.61 Å². The minimum atomic E-state index is -1.58. The molecule has 0 aliphatic carbocycles. The predicted octanol–water partition coefficient (Wildman–Crippen LogP) is 3.00. The van der Waals surface area contributed by atoms with E-state index < -0.39 is 24.2 Å². The Hall–Kier alpha value is -2.21. The van der Waals surface area contributed by atoms with Crippen LogP contribution in [0.25, 0.3) is 0 Å². The Balaban J connectivity index is 2.31. The molecule has 2 N–H and O–H groups in total. The van der Waals surface area contributed by atoms with Gasteiger partial charge in [0.1, 0.15) is 6.10 Å². The van der Waals surface area contributed by atoms with Crippen LogP contribution in [0.1, 0.15) is 31.9 Å². The van der Waals surface area contributed by atoms with Gasteiger partial charge in [0.15, 0.2) is 6.10 Å².